The van der Waals surface area contributed by atoms with Crippen LogP contribution in [0, 0.1) is 6.92 Å². The van der Waals surface area contributed by atoms with Gasteiger partial charge in [-0.3, -0.25) is 4.90 Å². The molecule has 1 aliphatic heterocycles. The van der Waals surface area contributed by atoms with E-state index in [2.05, 4.69) is 26.8 Å². The number of aromatic nitrogens is 3. The highest BCUT2D eigenvalue weighted by atomic mass is 32.1. The molecular formula is C16H16N4OS. The number of fused-ring (bicyclic) bond motifs is 1. The molecule has 0 N–H and O–H groups in total. The molecule has 112 valence electrons. The molecule has 0 amide bonds. The molecule has 0 saturated carbocycles. The smallest absolute Gasteiger partial charge is 0.195 e. The minimum absolute atomic E-state index is 0.676. The van der Waals surface area contributed by atoms with Crippen molar-refractivity contribution in [2.24, 2.45) is 0 Å². The van der Waals surface area contributed by atoms with Crippen LogP contribution >= 0.6 is 11.3 Å². The highest BCUT2D eigenvalue weighted by molar-refractivity contribution is 7.09. The lowest BCUT2D eigenvalue weighted by Gasteiger charge is -2.27. The topological polar surface area (TPSA) is 55.1 Å². The largest absolute Gasteiger partial charge is 0.461 e. The Morgan fingerprint density at radius 2 is 2.32 bits per heavy atom. The van der Waals surface area contributed by atoms with Crippen molar-refractivity contribution < 1.29 is 4.42 Å². The maximum atomic E-state index is 5.37. The first-order valence-electron chi connectivity index (χ1n) is 7.29. The number of furan rings is 1. The summed E-state index contributed by atoms with van der Waals surface area (Å²) in [5.74, 6) is 1.40. The first-order chi connectivity index (χ1) is 10.8. The molecule has 1 aliphatic rings. The Kier molecular flexibility index (Phi) is 3.48. The van der Waals surface area contributed by atoms with E-state index in [1.165, 1.54) is 10.4 Å². The third-order valence-electron chi connectivity index (χ3n) is 3.97. The number of hydrogen-bond donors (Lipinski definition) is 0. The van der Waals surface area contributed by atoms with E-state index < -0.39 is 0 Å². The zero-order valence-corrected chi connectivity index (χ0v) is 13.1. The Morgan fingerprint density at radius 3 is 3.09 bits per heavy atom. The molecule has 4 rings (SSSR count). The van der Waals surface area contributed by atoms with Crippen LogP contribution in [0.2, 0.25) is 0 Å². The summed E-state index contributed by atoms with van der Waals surface area (Å²) in [5, 5.41) is 0. The summed E-state index contributed by atoms with van der Waals surface area (Å²) in [4.78, 5) is 17.2. The minimum atomic E-state index is 0.676. The number of thiazole rings is 1. The van der Waals surface area contributed by atoms with Gasteiger partial charge >= 0.3 is 0 Å². The van der Waals surface area contributed by atoms with Crippen molar-refractivity contribution in [3.05, 3.63) is 51.9 Å². The van der Waals surface area contributed by atoms with E-state index in [0.717, 1.165) is 43.2 Å². The van der Waals surface area contributed by atoms with Gasteiger partial charge in [0.1, 0.15) is 0 Å². The summed E-state index contributed by atoms with van der Waals surface area (Å²) in [6, 6.07) is 3.75. The Bertz CT molecular complexity index is 781. The van der Waals surface area contributed by atoms with Gasteiger partial charge in [-0.1, -0.05) is 0 Å². The minimum Gasteiger partial charge on any atom is -0.461 e. The SMILES string of the molecule is Cc1ncsc1CN1CCc2nc(-c3ccco3)ncc2C1. The average Bonchev–Trinajstić information content (AvgIpc) is 3.19. The van der Waals surface area contributed by atoms with Gasteiger partial charge in [-0.25, -0.2) is 15.0 Å². The molecule has 0 spiro atoms. The van der Waals surface area contributed by atoms with E-state index in [9.17, 15) is 0 Å². The Balaban J connectivity index is 1.53. The van der Waals surface area contributed by atoms with Crippen LogP contribution in [0.1, 0.15) is 21.8 Å². The molecule has 0 aromatic carbocycles. The number of nitrogens with zero attached hydrogens (tertiary/aromatic N) is 4. The maximum absolute atomic E-state index is 5.37. The number of hydrogen-bond acceptors (Lipinski definition) is 6. The lowest BCUT2D eigenvalue weighted by Crippen LogP contribution is -2.30. The van der Waals surface area contributed by atoms with E-state index in [0.29, 0.717) is 5.82 Å². The third-order valence-corrected chi connectivity index (χ3v) is 4.89. The number of rotatable bonds is 3. The molecule has 5 nitrogen and oxygen atoms in total. The highest BCUT2D eigenvalue weighted by Gasteiger charge is 2.20. The van der Waals surface area contributed by atoms with E-state index >= 15 is 0 Å². The summed E-state index contributed by atoms with van der Waals surface area (Å²) in [6.45, 7) is 4.93. The monoisotopic (exact) mass is 312 g/mol. The van der Waals surface area contributed by atoms with Gasteiger partial charge in [0.05, 0.1) is 23.2 Å². The molecule has 3 aromatic rings. The van der Waals surface area contributed by atoms with Gasteiger partial charge < -0.3 is 4.42 Å². The summed E-state index contributed by atoms with van der Waals surface area (Å²) in [7, 11) is 0. The molecular weight excluding hydrogens is 296 g/mol. The molecule has 6 heteroatoms. The fourth-order valence-corrected chi connectivity index (χ4v) is 3.53. The summed E-state index contributed by atoms with van der Waals surface area (Å²) < 4.78 is 5.37. The van der Waals surface area contributed by atoms with Gasteiger partial charge in [-0.05, 0) is 19.1 Å². The maximum Gasteiger partial charge on any atom is 0.195 e. The quantitative estimate of drug-likeness (QED) is 0.744. The Hall–Kier alpha value is -2.05. The van der Waals surface area contributed by atoms with E-state index in [4.69, 9.17) is 4.42 Å². The van der Waals surface area contributed by atoms with Crippen LogP contribution in [0.5, 0.6) is 0 Å². The van der Waals surface area contributed by atoms with Crippen molar-refractivity contribution in [3.63, 3.8) is 0 Å². The fourth-order valence-electron chi connectivity index (χ4n) is 2.72. The zero-order valence-electron chi connectivity index (χ0n) is 12.3. The summed E-state index contributed by atoms with van der Waals surface area (Å²) in [5.41, 5.74) is 5.41. The fraction of sp³-hybridized carbons (Fsp3) is 0.312. The van der Waals surface area contributed by atoms with Crippen LogP contribution in [0.15, 0.2) is 34.5 Å². The van der Waals surface area contributed by atoms with Crippen molar-refractivity contribution in [1.29, 1.82) is 0 Å². The highest BCUT2D eigenvalue weighted by Crippen LogP contribution is 2.23. The zero-order chi connectivity index (χ0) is 14.9. The van der Waals surface area contributed by atoms with Crippen LogP contribution in [-0.2, 0) is 19.5 Å². The van der Waals surface area contributed by atoms with E-state index in [1.807, 2.05) is 23.8 Å². The van der Waals surface area contributed by atoms with Gasteiger partial charge in [0.15, 0.2) is 11.6 Å². The van der Waals surface area contributed by atoms with Crippen molar-refractivity contribution in [3.8, 4) is 11.6 Å². The van der Waals surface area contributed by atoms with Crippen molar-refractivity contribution in [2.45, 2.75) is 26.4 Å². The summed E-state index contributed by atoms with van der Waals surface area (Å²) in [6.07, 6.45) is 4.53. The van der Waals surface area contributed by atoms with Crippen molar-refractivity contribution in [1.82, 2.24) is 19.9 Å². The first-order valence-corrected chi connectivity index (χ1v) is 8.17. The molecule has 0 unspecified atom stereocenters. The van der Waals surface area contributed by atoms with E-state index in [-0.39, 0.29) is 0 Å². The third kappa shape index (κ3) is 2.55. The lowest BCUT2D eigenvalue weighted by molar-refractivity contribution is 0.244. The van der Waals surface area contributed by atoms with Crippen LogP contribution in [0.25, 0.3) is 11.6 Å². The van der Waals surface area contributed by atoms with Crippen LogP contribution in [-0.4, -0.2) is 26.4 Å². The van der Waals surface area contributed by atoms with E-state index in [1.54, 1.807) is 17.6 Å². The molecule has 0 atom stereocenters. The molecule has 0 bridgehead atoms. The van der Waals surface area contributed by atoms with Gasteiger partial charge in [0, 0.05) is 42.7 Å². The molecule has 4 heterocycles. The van der Waals surface area contributed by atoms with Crippen LogP contribution in [0.3, 0.4) is 0 Å². The normalized spacial score (nSPS) is 15.0. The molecule has 22 heavy (non-hydrogen) atoms. The van der Waals surface area contributed by atoms with Gasteiger partial charge in [-0.15, -0.1) is 11.3 Å². The van der Waals surface area contributed by atoms with Gasteiger partial charge in [-0.2, -0.15) is 0 Å². The molecule has 0 radical (unpaired) electrons. The predicted octanol–water partition coefficient (Wildman–Crippen LogP) is 3.06. The second-order valence-electron chi connectivity index (χ2n) is 5.46. The Morgan fingerprint density at radius 1 is 1.36 bits per heavy atom. The Labute approximate surface area is 132 Å². The standard InChI is InChI=1S/C16H16N4OS/c1-11-15(22-10-18-11)9-20-5-4-13-12(8-20)7-17-16(19-13)14-3-2-6-21-14/h2-3,6-7,10H,4-5,8-9H2,1H3. The second kappa shape index (κ2) is 5.62. The van der Waals surface area contributed by atoms with Crippen LogP contribution < -0.4 is 0 Å². The van der Waals surface area contributed by atoms with Crippen LogP contribution in [0.4, 0.5) is 0 Å². The molecule has 0 fully saturated rings. The predicted molar refractivity (Wildman–Crippen MR) is 84.4 cm³/mol. The first kappa shape index (κ1) is 13.6. The van der Waals surface area contributed by atoms with Gasteiger partial charge in [0.25, 0.3) is 0 Å². The number of aryl methyl sites for hydroxylation is 1. The lowest BCUT2D eigenvalue weighted by atomic mass is 10.1. The van der Waals surface area contributed by atoms with Crippen molar-refractivity contribution >= 4 is 11.3 Å². The molecule has 0 saturated heterocycles. The molecule has 0 aliphatic carbocycles. The molecule has 3 aromatic heterocycles. The average molecular weight is 312 g/mol. The summed E-state index contributed by atoms with van der Waals surface area (Å²) >= 11 is 1.73. The van der Waals surface area contributed by atoms with Gasteiger partial charge in [0.2, 0.25) is 0 Å². The second-order valence-corrected chi connectivity index (χ2v) is 6.40. The van der Waals surface area contributed by atoms with Crippen molar-refractivity contribution in [2.75, 3.05) is 6.54 Å².